The van der Waals surface area contributed by atoms with E-state index >= 15 is 0 Å². The molecule has 1 heterocycles. The molecule has 3 heteroatoms. The number of nitrogens with zero attached hydrogens (tertiary/aromatic N) is 1. The minimum absolute atomic E-state index is 0.119. The van der Waals surface area contributed by atoms with Gasteiger partial charge in [0.2, 0.25) is 5.91 Å². The first-order valence-electron chi connectivity index (χ1n) is 9.88. The summed E-state index contributed by atoms with van der Waals surface area (Å²) in [5.74, 6) is 3.04. The van der Waals surface area contributed by atoms with Crippen molar-refractivity contribution in [3.63, 3.8) is 0 Å². The molecule has 0 unspecified atom stereocenters. The average Bonchev–Trinajstić information content (AvgIpc) is 3.00. The Morgan fingerprint density at radius 3 is 2.57 bits per heavy atom. The van der Waals surface area contributed by atoms with E-state index in [0.29, 0.717) is 24.0 Å². The van der Waals surface area contributed by atoms with E-state index in [0.717, 1.165) is 37.7 Å². The van der Waals surface area contributed by atoms with E-state index in [9.17, 15) is 4.79 Å². The molecule has 6 atom stereocenters. The van der Waals surface area contributed by atoms with Crippen LogP contribution < -0.4 is 0 Å². The molecule has 0 aromatic heterocycles. The van der Waals surface area contributed by atoms with E-state index in [1.165, 1.54) is 32.1 Å². The van der Waals surface area contributed by atoms with Crippen LogP contribution in [0, 0.1) is 29.1 Å². The van der Waals surface area contributed by atoms with Crippen LogP contribution in [0.2, 0.25) is 0 Å². The van der Waals surface area contributed by atoms with Gasteiger partial charge in [0.15, 0.2) is 0 Å². The number of ether oxygens (including phenoxy) is 1. The molecule has 4 fully saturated rings. The molecule has 3 nitrogen and oxygen atoms in total. The van der Waals surface area contributed by atoms with Gasteiger partial charge in [-0.05, 0) is 37.5 Å². The summed E-state index contributed by atoms with van der Waals surface area (Å²) < 4.78 is 5.91. The smallest absolute Gasteiger partial charge is 0.225 e. The van der Waals surface area contributed by atoms with Crippen molar-refractivity contribution in [2.45, 2.75) is 77.4 Å². The zero-order valence-corrected chi connectivity index (χ0v) is 15.1. The lowest BCUT2D eigenvalue weighted by Gasteiger charge is -2.58. The number of carbonyl (C=O) groups is 1. The Balaban J connectivity index is 1.42. The second-order valence-electron chi connectivity index (χ2n) is 9.27. The van der Waals surface area contributed by atoms with Gasteiger partial charge in [0.1, 0.15) is 0 Å². The van der Waals surface area contributed by atoms with Gasteiger partial charge in [-0.2, -0.15) is 0 Å². The summed E-state index contributed by atoms with van der Waals surface area (Å²) >= 11 is 0. The summed E-state index contributed by atoms with van der Waals surface area (Å²) in [4.78, 5) is 15.3. The first-order chi connectivity index (χ1) is 11.0. The Labute approximate surface area is 141 Å². The minimum atomic E-state index is 0.119. The number of rotatable bonds is 2. The van der Waals surface area contributed by atoms with Gasteiger partial charge in [-0.15, -0.1) is 0 Å². The molecule has 0 radical (unpaired) electrons. The molecule has 0 aromatic carbocycles. The standard InChI is InChI=1S/C20H33NO2/c1-20(2)17(16-10-11-23-18(16)20)21(3)19(22)15-9-8-13-6-4-5-7-14(13)12-15/h13-18H,4-12H2,1-3H3/t13-,14+,15+,16+,17+,18-/m0/s1. The maximum Gasteiger partial charge on any atom is 0.225 e. The van der Waals surface area contributed by atoms with Gasteiger partial charge in [0, 0.05) is 36.9 Å². The molecule has 0 bridgehead atoms. The molecule has 23 heavy (non-hydrogen) atoms. The zero-order valence-electron chi connectivity index (χ0n) is 15.1. The van der Waals surface area contributed by atoms with Crippen molar-refractivity contribution in [2.75, 3.05) is 13.7 Å². The average molecular weight is 319 g/mol. The third kappa shape index (κ3) is 2.45. The molecule has 1 saturated heterocycles. The summed E-state index contributed by atoms with van der Waals surface area (Å²) in [5.41, 5.74) is 0.119. The highest BCUT2D eigenvalue weighted by Crippen LogP contribution is 2.54. The molecule has 4 rings (SSSR count). The molecule has 130 valence electrons. The molecule has 1 aliphatic heterocycles. The maximum absolute atomic E-state index is 13.2. The SMILES string of the molecule is CN(C(=O)[C@@H]1CC[C@@H]2CCCC[C@@H]2C1)[C@@H]1[C@H]2CCO[C@@H]2C1(C)C. The maximum atomic E-state index is 13.2. The quantitative estimate of drug-likeness (QED) is 0.773. The highest BCUT2D eigenvalue weighted by Gasteiger charge is 2.61. The summed E-state index contributed by atoms with van der Waals surface area (Å²) in [5, 5.41) is 0. The summed E-state index contributed by atoms with van der Waals surface area (Å²) in [6, 6.07) is 0.381. The van der Waals surface area contributed by atoms with Crippen LogP contribution in [0.4, 0.5) is 0 Å². The number of hydrogen-bond donors (Lipinski definition) is 0. The van der Waals surface area contributed by atoms with Crippen LogP contribution in [0.3, 0.4) is 0 Å². The van der Waals surface area contributed by atoms with Crippen LogP contribution in [-0.2, 0) is 9.53 Å². The highest BCUT2D eigenvalue weighted by atomic mass is 16.5. The van der Waals surface area contributed by atoms with Crippen molar-refractivity contribution in [2.24, 2.45) is 29.1 Å². The van der Waals surface area contributed by atoms with E-state index in [1.807, 2.05) is 0 Å². The lowest BCUT2D eigenvalue weighted by molar-refractivity contribution is -0.171. The van der Waals surface area contributed by atoms with Crippen LogP contribution in [0.25, 0.3) is 0 Å². The summed E-state index contributed by atoms with van der Waals surface area (Å²) in [6.07, 6.45) is 10.7. The van der Waals surface area contributed by atoms with Crippen molar-refractivity contribution in [1.29, 1.82) is 0 Å². The molecular formula is C20H33NO2. The fourth-order valence-corrected chi connectivity index (χ4v) is 6.61. The normalized spacial score (nSPS) is 44.8. The van der Waals surface area contributed by atoms with Gasteiger partial charge in [-0.1, -0.05) is 39.5 Å². The fourth-order valence-electron chi connectivity index (χ4n) is 6.61. The zero-order chi connectivity index (χ0) is 16.2. The second kappa shape index (κ2) is 5.75. The Morgan fingerprint density at radius 1 is 1.04 bits per heavy atom. The molecule has 0 N–H and O–H groups in total. The fraction of sp³-hybridized carbons (Fsp3) is 0.950. The Morgan fingerprint density at radius 2 is 1.78 bits per heavy atom. The van der Waals surface area contributed by atoms with Crippen molar-refractivity contribution < 1.29 is 9.53 Å². The van der Waals surface area contributed by atoms with E-state index < -0.39 is 0 Å². The van der Waals surface area contributed by atoms with Crippen LogP contribution in [0.5, 0.6) is 0 Å². The van der Waals surface area contributed by atoms with Crippen molar-refractivity contribution in [3.8, 4) is 0 Å². The van der Waals surface area contributed by atoms with Crippen molar-refractivity contribution >= 4 is 5.91 Å². The third-order valence-corrected chi connectivity index (χ3v) is 7.69. The largest absolute Gasteiger partial charge is 0.377 e. The highest BCUT2D eigenvalue weighted by molar-refractivity contribution is 5.79. The minimum Gasteiger partial charge on any atom is -0.377 e. The molecule has 0 spiro atoms. The Hall–Kier alpha value is -0.570. The van der Waals surface area contributed by atoms with Gasteiger partial charge in [-0.25, -0.2) is 0 Å². The molecule has 4 aliphatic rings. The molecule has 0 aromatic rings. The van der Waals surface area contributed by atoms with Crippen LogP contribution in [0.15, 0.2) is 0 Å². The number of amides is 1. The lowest BCUT2D eigenvalue weighted by Crippen LogP contribution is -2.67. The van der Waals surface area contributed by atoms with E-state index in [2.05, 4.69) is 25.8 Å². The van der Waals surface area contributed by atoms with E-state index in [4.69, 9.17) is 4.74 Å². The lowest BCUT2D eigenvalue weighted by atomic mass is 9.56. The Bertz CT molecular complexity index is 474. The van der Waals surface area contributed by atoms with Gasteiger partial charge in [-0.3, -0.25) is 4.79 Å². The monoisotopic (exact) mass is 319 g/mol. The molecular weight excluding hydrogens is 286 g/mol. The van der Waals surface area contributed by atoms with E-state index in [1.54, 1.807) is 0 Å². The van der Waals surface area contributed by atoms with Crippen molar-refractivity contribution in [3.05, 3.63) is 0 Å². The van der Waals surface area contributed by atoms with Crippen LogP contribution in [0.1, 0.15) is 65.2 Å². The van der Waals surface area contributed by atoms with E-state index in [-0.39, 0.29) is 11.3 Å². The number of carbonyl (C=O) groups excluding carboxylic acids is 1. The third-order valence-electron chi connectivity index (χ3n) is 7.69. The summed E-state index contributed by atoms with van der Waals surface area (Å²) in [7, 11) is 2.07. The number of fused-ring (bicyclic) bond motifs is 2. The first kappa shape index (κ1) is 15.9. The van der Waals surface area contributed by atoms with Gasteiger partial charge >= 0.3 is 0 Å². The number of hydrogen-bond acceptors (Lipinski definition) is 2. The summed E-state index contributed by atoms with van der Waals surface area (Å²) in [6.45, 7) is 5.45. The predicted octanol–water partition coefficient (Wildman–Crippen LogP) is 3.86. The van der Waals surface area contributed by atoms with Gasteiger partial charge in [0.25, 0.3) is 0 Å². The van der Waals surface area contributed by atoms with Crippen molar-refractivity contribution in [1.82, 2.24) is 4.90 Å². The first-order valence-corrected chi connectivity index (χ1v) is 9.88. The predicted molar refractivity (Wildman–Crippen MR) is 91.0 cm³/mol. The molecule has 1 amide bonds. The molecule has 3 aliphatic carbocycles. The van der Waals surface area contributed by atoms with Crippen LogP contribution in [-0.4, -0.2) is 36.6 Å². The second-order valence-corrected chi connectivity index (χ2v) is 9.27. The van der Waals surface area contributed by atoms with Gasteiger partial charge in [0.05, 0.1) is 6.10 Å². The topological polar surface area (TPSA) is 29.5 Å². The van der Waals surface area contributed by atoms with Crippen LogP contribution >= 0.6 is 0 Å². The molecule has 3 saturated carbocycles. The Kier molecular flexibility index (Phi) is 3.98. The van der Waals surface area contributed by atoms with Gasteiger partial charge < -0.3 is 9.64 Å².